The second-order valence-electron chi connectivity index (χ2n) is 4.93. The van der Waals surface area contributed by atoms with Crippen molar-refractivity contribution in [3.05, 3.63) is 50.6 Å². The highest BCUT2D eigenvalue weighted by Gasteiger charge is 2.19. The van der Waals surface area contributed by atoms with Gasteiger partial charge < -0.3 is 4.98 Å². The summed E-state index contributed by atoms with van der Waals surface area (Å²) in [5.41, 5.74) is 5.45. The predicted octanol–water partition coefficient (Wildman–Crippen LogP) is 5.39. The van der Waals surface area contributed by atoms with E-state index in [0.29, 0.717) is 0 Å². The fourth-order valence-corrected chi connectivity index (χ4v) is 3.99. The van der Waals surface area contributed by atoms with E-state index in [2.05, 4.69) is 52.7 Å². The maximum absolute atomic E-state index is 6.12. The quantitative estimate of drug-likeness (QED) is 0.400. The standard InChI is InChI=1S/C16H10ClIN2/c1-8-3-2-4-12-13(8)14(18)16-15(20-12)10-7-9(17)5-6-11(10)19-16/h2-7,20H,1H3. The Kier molecular flexibility index (Phi) is 2.69. The van der Waals surface area contributed by atoms with Crippen LogP contribution in [0, 0.1) is 10.5 Å². The number of H-pyrrole nitrogens is 1. The van der Waals surface area contributed by atoms with Crippen LogP contribution in [0.25, 0.3) is 33.2 Å². The van der Waals surface area contributed by atoms with Crippen LogP contribution in [0.3, 0.4) is 0 Å². The van der Waals surface area contributed by atoms with Gasteiger partial charge in [-0.2, -0.15) is 0 Å². The van der Waals surface area contributed by atoms with E-state index >= 15 is 0 Å². The molecular formula is C16H10ClIN2. The lowest BCUT2D eigenvalue weighted by molar-refractivity contribution is 1.34. The molecule has 0 fully saturated rings. The summed E-state index contributed by atoms with van der Waals surface area (Å²) >= 11 is 8.51. The molecule has 0 saturated carbocycles. The summed E-state index contributed by atoms with van der Waals surface area (Å²) in [5.74, 6) is 0. The maximum atomic E-state index is 6.12. The van der Waals surface area contributed by atoms with Crippen LogP contribution in [0.1, 0.15) is 5.56 Å². The summed E-state index contributed by atoms with van der Waals surface area (Å²) in [6.07, 6.45) is 0. The third-order valence-corrected chi connectivity index (χ3v) is 4.94. The number of benzene rings is 2. The number of rotatable bonds is 0. The molecule has 2 aromatic carbocycles. The number of hydrogen-bond donors (Lipinski definition) is 1. The lowest BCUT2D eigenvalue weighted by atomic mass is 10.1. The van der Waals surface area contributed by atoms with Gasteiger partial charge in [0.1, 0.15) is 5.69 Å². The van der Waals surface area contributed by atoms with Crippen molar-refractivity contribution in [2.45, 2.75) is 6.92 Å². The number of aromatic nitrogens is 2. The number of fused-ring (bicyclic) bond motifs is 4. The van der Waals surface area contributed by atoms with Crippen molar-refractivity contribution in [1.82, 2.24) is 9.97 Å². The first-order valence-electron chi connectivity index (χ1n) is 6.31. The topological polar surface area (TPSA) is 28.7 Å². The van der Waals surface area contributed by atoms with Crippen LogP contribution in [0.2, 0.25) is 5.02 Å². The average Bonchev–Trinajstić information content (AvgIpc) is 2.78. The normalized spacial score (nSPS) is 11.8. The van der Waals surface area contributed by atoms with Gasteiger partial charge in [-0.1, -0.05) is 23.7 Å². The van der Waals surface area contributed by atoms with Crippen molar-refractivity contribution in [3.63, 3.8) is 0 Å². The third-order valence-electron chi connectivity index (χ3n) is 3.66. The van der Waals surface area contributed by atoms with Gasteiger partial charge in [0.2, 0.25) is 0 Å². The molecule has 20 heavy (non-hydrogen) atoms. The van der Waals surface area contributed by atoms with Gasteiger partial charge >= 0.3 is 0 Å². The minimum Gasteiger partial charge on any atom is -0.353 e. The van der Waals surface area contributed by atoms with Crippen molar-refractivity contribution in [2.75, 3.05) is 0 Å². The number of nitrogens with zero attached hydrogens (tertiary/aromatic N) is 1. The van der Waals surface area contributed by atoms with E-state index in [1.807, 2.05) is 18.2 Å². The molecule has 0 radical (unpaired) electrons. The molecule has 2 heterocycles. The molecule has 2 nitrogen and oxygen atoms in total. The smallest absolute Gasteiger partial charge is 0.102 e. The largest absolute Gasteiger partial charge is 0.353 e. The molecule has 0 spiro atoms. The molecule has 0 aromatic heterocycles. The first-order valence-corrected chi connectivity index (χ1v) is 7.76. The highest BCUT2D eigenvalue weighted by Crippen LogP contribution is 2.38. The van der Waals surface area contributed by atoms with E-state index in [-0.39, 0.29) is 0 Å². The Bertz CT molecular complexity index is 942. The van der Waals surface area contributed by atoms with Gasteiger partial charge in [0.05, 0.1) is 14.8 Å². The summed E-state index contributed by atoms with van der Waals surface area (Å²) in [6, 6.07) is 12.1. The second kappa shape index (κ2) is 4.33. The summed E-state index contributed by atoms with van der Waals surface area (Å²) in [5, 5.41) is 3.06. The number of hydrogen-bond acceptors (Lipinski definition) is 1. The first kappa shape index (κ1) is 12.4. The van der Waals surface area contributed by atoms with Crippen LogP contribution < -0.4 is 0 Å². The van der Waals surface area contributed by atoms with E-state index in [0.717, 1.165) is 32.8 Å². The fourth-order valence-electron chi connectivity index (χ4n) is 2.71. The molecule has 1 N–H and O–H groups in total. The minimum absolute atomic E-state index is 0.736. The zero-order chi connectivity index (χ0) is 13.9. The molecule has 2 aliphatic rings. The lowest BCUT2D eigenvalue weighted by Gasteiger charge is -2.09. The Hall–Kier alpha value is -1.33. The Morgan fingerprint density at radius 1 is 1.20 bits per heavy atom. The Morgan fingerprint density at radius 3 is 2.90 bits per heavy atom. The minimum atomic E-state index is 0.736. The van der Waals surface area contributed by atoms with Crippen molar-refractivity contribution in [1.29, 1.82) is 0 Å². The van der Waals surface area contributed by atoms with Gasteiger partial charge in [-0.3, -0.25) is 0 Å². The SMILES string of the molecule is Cc1cccc2[nH]c3c4cc(Cl)ccc4nc-3c(I)c12. The molecule has 4 rings (SSSR count). The summed E-state index contributed by atoms with van der Waals surface area (Å²) < 4.78 is 1.19. The Balaban J connectivity index is 2.27. The van der Waals surface area contributed by atoms with E-state index in [1.165, 1.54) is 14.5 Å². The number of aromatic amines is 1. The van der Waals surface area contributed by atoms with Crippen LogP contribution in [-0.2, 0) is 0 Å². The van der Waals surface area contributed by atoms with Gasteiger partial charge in [0.15, 0.2) is 0 Å². The summed E-state index contributed by atoms with van der Waals surface area (Å²) in [4.78, 5) is 8.26. The van der Waals surface area contributed by atoms with Crippen LogP contribution in [0.5, 0.6) is 0 Å². The monoisotopic (exact) mass is 392 g/mol. The van der Waals surface area contributed by atoms with Gasteiger partial charge in [-0.25, -0.2) is 4.98 Å². The van der Waals surface area contributed by atoms with Crippen LogP contribution in [-0.4, -0.2) is 9.97 Å². The second-order valence-corrected chi connectivity index (χ2v) is 6.45. The van der Waals surface area contributed by atoms with E-state index in [4.69, 9.17) is 16.6 Å². The predicted molar refractivity (Wildman–Crippen MR) is 92.7 cm³/mol. The van der Waals surface area contributed by atoms with Gasteiger partial charge in [0.25, 0.3) is 0 Å². The molecule has 0 amide bonds. The molecule has 0 bridgehead atoms. The zero-order valence-corrected chi connectivity index (χ0v) is 13.6. The number of halogens is 2. The fraction of sp³-hybridized carbons (Fsp3) is 0.0625. The third kappa shape index (κ3) is 1.66. The molecular weight excluding hydrogens is 383 g/mol. The molecule has 2 aliphatic heterocycles. The average molecular weight is 393 g/mol. The lowest BCUT2D eigenvalue weighted by Crippen LogP contribution is -1.93. The van der Waals surface area contributed by atoms with Gasteiger partial charge in [0, 0.05) is 21.3 Å². The van der Waals surface area contributed by atoms with Crippen molar-refractivity contribution in [3.8, 4) is 11.4 Å². The molecule has 0 saturated heterocycles. The molecule has 98 valence electrons. The van der Waals surface area contributed by atoms with E-state index in [1.54, 1.807) is 0 Å². The van der Waals surface area contributed by atoms with Crippen LogP contribution >= 0.6 is 34.2 Å². The summed E-state index contributed by atoms with van der Waals surface area (Å²) in [7, 11) is 0. The number of pyridine rings is 1. The number of aryl methyl sites for hydroxylation is 1. The Morgan fingerprint density at radius 2 is 2.05 bits per heavy atom. The van der Waals surface area contributed by atoms with E-state index < -0.39 is 0 Å². The van der Waals surface area contributed by atoms with Crippen molar-refractivity contribution < 1.29 is 0 Å². The van der Waals surface area contributed by atoms with Crippen LogP contribution in [0.4, 0.5) is 0 Å². The Labute approximate surface area is 134 Å². The first-order chi connectivity index (χ1) is 9.65. The van der Waals surface area contributed by atoms with E-state index in [9.17, 15) is 0 Å². The molecule has 0 atom stereocenters. The zero-order valence-electron chi connectivity index (χ0n) is 10.7. The molecule has 2 aromatic rings. The van der Waals surface area contributed by atoms with Crippen LogP contribution in [0.15, 0.2) is 36.4 Å². The highest BCUT2D eigenvalue weighted by atomic mass is 127. The van der Waals surface area contributed by atoms with Gasteiger partial charge in [-0.15, -0.1) is 0 Å². The molecule has 4 heteroatoms. The maximum Gasteiger partial charge on any atom is 0.102 e. The van der Waals surface area contributed by atoms with Gasteiger partial charge in [-0.05, 0) is 59.3 Å². The van der Waals surface area contributed by atoms with Crippen molar-refractivity contribution >= 4 is 56.0 Å². The molecule has 0 aliphatic carbocycles. The number of nitrogens with one attached hydrogen (secondary N) is 1. The summed E-state index contributed by atoms with van der Waals surface area (Å²) in [6.45, 7) is 2.13. The molecule has 0 unspecified atom stereocenters. The highest BCUT2D eigenvalue weighted by molar-refractivity contribution is 14.1. The van der Waals surface area contributed by atoms with Crippen molar-refractivity contribution in [2.24, 2.45) is 0 Å².